The van der Waals surface area contributed by atoms with Crippen molar-refractivity contribution < 1.29 is 4.39 Å². The van der Waals surface area contributed by atoms with Gasteiger partial charge in [-0.05, 0) is 36.6 Å². The number of aryl methyl sites for hydroxylation is 1. The molecule has 0 atom stereocenters. The van der Waals surface area contributed by atoms with Crippen molar-refractivity contribution in [3.8, 4) is 0 Å². The maximum atomic E-state index is 13.1. The van der Waals surface area contributed by atoms with Crippen LogP contribution in [-0.4, -0.2) is 0 Å². The molecule has 0 nitrogen and oxygen atoms in total. The fourth-order valence-corrected chi connectivity index (χ4v) is 1.51. The second-order valence-electron chi connectivity index (χ2n) is 2.75. The molecule has 0 heterocycles. The summed E-state index contributed by atoms with van der Waals surface area (Å²) in [7, 11) is 0. The van der Waals surface area contributed by atoms with Crippen LogP contribution in [-0.2, 0) is 6.42 Å². The van der Waals surface area contributed by atoms with Gasteiger partial charge >= 0.3 is 0 Å². The summed E-state index contributed by atoms with van der Waals surface area (Å²) in [5.41, 5.74) is 0.663. The van der Waals surface area contributed by atoms with Crippen molar-refractivity contribution in [2.24, 2.45) is 0 Å². The third kappa shape index (κ3) is 3.49. The largest absolute Gasteiger partial charge is 0.207 e. The molecule has 0 N–H and O–H groups in total. The van der Waals surface area contributed by atoms with Crippen LogP contribution in [0.5, 0.6) is 0 Å². The lowest BCUT2D eigenvalue weighted by Gasteiger charge is -2.02. The molecule has 0 spiro atoms. The molecule has 0 aromatic heterocycles. The first-order valence-electron chi connectivity index (χ1n) is 3.87. The Morgan fingerprint density at radius 3 is 2.85 bits per heavy atom. The summed E-state index contributed by atoms with van der Waals surface area (Å²) in [5, 5.41) is 0.555. The van der Waals surface area contributed by atoms with Gasteiger partial charge in [0, 0.05) is 9.51 Å². The van der Waals surface area contributed by atoms with Crippen LogP contribution in [0.15, 0.2) is 34.3 Å². The van der Waals surface area contributed by atoms with Gasteiger partial charge in [-0.25, -0.2) is 4.39 Å². The maximum absolute atomic E-state index is 13.1. The molecule has 1 rings (SSSR count). The van der Waals surface area contributed by atoms with Gasteiger partial charge in [0.15, 0.2) is 0 Å². The quantitative estimate of drug-likeness (QED) is 0.764. The van der Waals surface area contributed by atoms with Crippen LogP contribution in [0.3, 0.4) is 0 Å². The summed E-state index contributed by atoms with van der Waals surface area (Å²) in [6, 6.07) is 4.87. The zero-order chi connectivity index (χ0) is 9.84. The Morgan fingerprint density at radius 1 is 1.54 bits per heavy atom. The minimum Gasteiger partial charge on any atom is -0.207 e. The first-order chi connectivity index (χ1) is 6.09. The lowest BCUT2D eigenvalue weighted by atomic mass is 10.1. The SMILES string of the molecule is C=C(Cl)CCc1cc(Br)ccc1F. The van der Waals surface area contributed by atoms with E-state index < -0.39 is 0 Å². The van der Waals surface area contributed by atoms with E-state index >= 15 is 0 Å². The van der Waals surface area contributed by atoms with Gasteiger partial charge in [-0.1, -0.05) is 34.1 Å². The zero-order valence-electron chi connectivity index (χ0n) is 6.99. The van der Waals surface area contributed by atoms with E-state index in [1.54, 1.807) is 12.1 Å². The van der Waals surface area contributed by atoms with Crippen molar-refractivity contribution in [3.05, 3.63) is 45.7 Å². The normalized spacial score (nSPS) is 10.1. The number of benzene rings is 1. The third-order valence-corrected chi connectivity index (χ3v) is 2.36. The molecule has 0 aliphatic rings. The van der Waals surface area contributed by atoms with Crippen LogP contribution in [0.2, 0.25) is 0 Å². The van der Waals surface area contributed by atoms with Gasteiger partial charge in [0.25, 0.3) is 0 Å². The first kappa shape index (κ1) is 10.7. The fourth-order valence-electron chi connectivity index (χ4n) is 1.01. The molecule has 0 saturated heterocycles. The Labute approximate surface area is 90.5 Å². The average molecular weight is 264 g/mol. The number of hydrogen-bond donors (Lipinski definition) is 0. The van der Waals surface area contributed by atoms with Gasteiger partial charge in [0.1, 0.15) is 5.82 Å². The van der Waals surface area contributed by atoms with E-state index in [1.807, 2.05) is 0 Å². The van der Waals surface area contributed by atoms with Gasteiger partial charge in [-0.15, -0.1) is 0 Å². The average Bonchev–Trinajstić information content (AvgIpc) is 2.06. The van der Waals surface area contributed by atoms with E-state index in [1.165, 1.54) is 6.07 Å². The topological polar surface area (TPSA) is 0 Å². The van der Waals surface area contributed by atoms with Gasteiger partial charge in [-0.3, -0.25) is 0 Å². The minimum absolute atomic E-state index is 0.193. The highest BCUT2D eigenvalue weighted by Crippen LogP contribution is 2.18. The highest BCUT2D eigenvalue weighted by atomic mass is 79.9. The molecule has 0 aliphatic carbocycles. The van der Waals surface area contributed by atoms with E-state index in [9.17, 15) is 4.39 Å². The number of hydrogen-bond acceptors (Lipinski definition) is 0. The fraction of sp³-hybridized carbons (Fsp3) is 0.200. The Balaban J connectivity index is 2.75. The molecular formula is C10H9BrClF. The van der Waals surface area contributed by atoms with Gasteiger partial charge < -0.3 is 0 Å². The van der Waals surface area contributed by atoms with Crippen molar-refractivity contribution in [2.75, 3.05) is 0 Å². The van der Waals surface area contributed by atoms with Crippen molar-refractivity contribution in [3.63, 3.8) is 0 Å². The molecule has 0 saturated carbocycles. The Morgan fingerprint density at radius 2 is 2.23 bits per heavy atom. The Kier molecular flexibility index (Phi) is 3.94. The Bertz CT molecular complexity index is 323. The lowest BCUT2D eigenvalue weighted by Crippen LogP contribution is -1.90. The summed E-state index contributed by atoms with van der Waals surface area (Å²) >= 11 is 8.87. The number of halogens is 3. The standard InChI is InChI=1S/C10H9BrClF/c1-7(12)2-3-8-6-9(11)4-5-10(8)13/h4-6H,1-3H2. The van der Waals surface area contributed by atoms with E-state index in [0.717, 1.165) is 4.47 Å². The second kappa shape index (κ2) is 4.77. The monoisotopic (exact) mass is 262 g/mol. The minimum atomic E-state index is -0.193. The number of allylic oxidation sites excluding steroid dienone is 1. The van der Waals surface area contributed by atoms with Crippen molar-refractivity contribution in [1.82, 2.24) is 0 Å². The summed E-state index contributed by atoms with van der Waals surface area (Å²) in [6.07, 6.45) is 1.20. The van der Waals surface area contributed by atoms with Crippen LogP contribution in [0.4, 0.5) is 4.39 Å². The summed E-state index contributed by atoms with van der Waals surface area (Å²) in [4.78, 5) is 0. The second-order valence-corrected chi connectivity index (χ2v) is 4.20. The third-order valence-electron chi connectivity index (χ3n) is 1.67. The van der Waals surface area contributed by atoms with Crippen molar-refractivity contribution in [2.45, 2.75) is 12.8 Å². The molecule has 3 heteroatoms. The molecule has 70 valence electrons. The maximum Gasteiger partial charge on any atom is 0.126 e. The molecular weight excluding hydrogens is 254 g/mol. The molecule has 0 fully saturated rings. The van der Waals surface area contributed by atoms with Crippen molar-refractivity contribution in [1.29, 1.82) is 0 Å². The summed E-state index contributed by atoms with van der Waals surface area (Å²) in [5.74, 6) is -0.193. The molecule has 0 bridgehead atoms. The molecule has 1 aromatic carbocycles. The van der Waals surface area contributed by atoms with E-state index in [2.05, 4.69) is 22.5 Å². The lowest BCUT2D eigenvalue weighted by molar-refractivity contribution is 0.609. The smallest absolute Gasteiger partial charge is 0.126 e. The van der Waals surface area contributed by atoms with Crippen LogP contribution in [0, 0.1) is 5.82 Å². The zero-order valence-corrected chi connectivity index (χ0v) is 9.33. The molecule has 0 radical (unpaired) electrons. The predicted octanol–water partition coefficient (Wildman–Crippen LogP) is 4.27. The molecule has 0 aliphatic heterocycles. The van der Waals surface area contributed by atoms with Crippen LogP contribution in [0.25, 0.3) is 0 Å². The molecule has 0 amide bonds. The summed E-state index contributed by atoms with van der Waals surface area (Å²) in [6.45, 7) is 3.55. The van der Waals surface area contributed by atoms with Crippen LogP contribution < -0.4 is 0 Å². The van der Waals surface area contributed by atoms with Gasteiger partial charge in [0.2, 0.25) is 0 Å². The summed E-state index contributed by atoms with van der Waals surface area (Å²) < 4.78 is 14.0. The van der Waals surface area contributed by atoms with E-state index in [0.29, 0.717) is 23.4 Å². The molecule has 0 unspecified atom stereocenters. The first-order valence-corrected chi connectivity index (χ1v) is 5.04. The van der Waals surface area contributed by atoms with Crippen LogP contribution in [0.1, 0.15) is 12.0 Å². The van der Waals surface area contributed by atoms with Crippen LogP contribution >= 0.6 is 27.5 Å². The van der Waals surface area contributed by atoms with Gasteiger partial charge in [0.05, 0.1) is 0 Å². The molecule has 1 aromatic rings. The van der Waals surface area contributed by atoms with E-state index in [-0.39, 0.29) is 5.82 Å². The highest BCUT2D eigenvalue weighted by Gasteiger charge is 2.02. The predicted molar refractivity (Wildman–Crippen MR) is 57.4 cm³/mol. The molecule has 13 heavy (non-hydrogen) atoms. The van der Waals surface area contributed by atoms with E-state index in [4.69, 9.17) is 11.6 Å². The number of rotatable bonds is 3. The highest BCUT2D eigenvalue weighted by molar-refractivity contribution is 9.10. The Hall–Kier alpha value is -0.340. The van der Waals surface area contributed by atoms with Gasteiger partial charge in [-0.2, -0.15) is 0 Å². The van der Waals surface area contributed by atoms with Crippen molar-refractivity contribution >= 4 is 27.5 Å².